The number of carbonyl (C=O) groups is 3. The van der Waals surface area contributed by atoms with Gasteiger partial charge in [-0.1, -0.05) is 11.6 Å². The van der Waals surface area contributed by atoms with E-state index >= 15 is 0 Å². The second-order valence-corrected chi connectivity index (χ2v) is 8.72. The van der Waals surface area contributed by atoms with Crippen LogP contribution in [0.5, 0.6) is 0 Å². The van der Waals surface area contributed by atoms with Gasteiger partial charge in [-0.25, -0.2) is 9.59 Å². The molecule has 0 saturated heterocycles. The van der Waals surface area contributed by atoms with Crippen LogP contribution in [0.15, 0.2) is 29.2 Å². The third kappa shape index (κ3) is 5.04. The van der Waals surface area contributed by atoms with Crippen molar-refractivity contribution >= 4 is 57.7 Å². The minimum absolute atomic E-state index is 0.180. The fourth-order valence-corrected chi connectivity index (χ4v) is 5.03. The van der Waals surface area contributed by atoms with Gasteiger partial charge in [0.25, 0.3) is 0 Å². The van der Waals surface area contributed by atoms with E-state index in [2.05, 4.69) is 5.32 Å². The van der Waals surface area contributed by atoms with E-state index < -0.39 is 12.1 Å². The Morgan fingerprint density at radius 1 is 1.21 bits per heavy atom. The normalized spacial score (nSPS) is 12.9. The van der Waals surface area contributed by atoms with Gasteiger partial charge >= 0.3 is 12.1 Å². The number of carbonyl (C=O) groups excluding carboxylic acids is 3. The van der Waals surface area contributed by atoms with Crippen LogP contribution in [0.3, 0.4) is 0 Å². The number of nitrogens with one attached hydrogen (secondary N) is 1. The quantitative estimate of drug-likeness (QED) is 0.542. The van der Waals surface area contributed by atoms with Gasteiger partial charge in [0.2, 0.25) is 5.91 Å². The number of hydrogen-bond acceptors (Lipinski definition) is 7. The van der Waals surface area contributed by atoms with E-state index in [1.807, 2.05) is 12.1 Å². The van der Waals surface area contributed by atoms with Crippen molar-refractivity contribution in [2.24, 2.45) is 0 Å². The van der Waals surface area contributed by atoms with Crippen LogP contribution in [0.4, 0.5) is 9.80 Å². The van der Waals surface area contributed by atoms with E-state index in [-0.39, 0.29) is 11.7 Å². The Bertz CT molecular complexity index is 929. The molecule has 2 aromatic rings. The average molecular weight is 455 g/mol. The molecule has 154 valence electrons. The number of nitrogens with zero attached hydrogens (tertiary/aromatic N) is 1. The lowest BCUT2D eigenvalue weighted by Gasteiger charge is -2.25. The van der Waals surface area contributed by atoms with Gasteiger partial charge in [0.1, 0.15) is 5.00 Å². The molecule has 1 aromatic carbocycles. The van der Waals surface area contributed by atoms with E-state index in [1.54, 1.807) is 17.0 Å². The van der Waals surface area contributed by atoms with Gasteiger partial charge in [0.15, 0.2) is 0 Å². The summed E-state index contributed by atoms with van der Waals surface area (Å²) in [6, 6.07) is 7.20. The summed E-state index contributed by atoms with van der Waals surface area (Å²) >= 11 is 8.52. The van der Waals surface area contributed by atoms with Gasteiger partial charge in [0, 0.05) is 21.3 Å². The number of thioether (sulfide) groups is 1. The highest BCUT2D eigenvalue weighted by Gasteiger charge is 2.31. The highest BCUT2D eigenvalue weighted by atomic mass is 35.5. The zero-order valence-corrected chi connectivity index (χ0v) is 18.2. The molecule has 1 aliphatic heterocycles. The molecule has 3 rings (SSSR count). The summed E-state index contributed by atoms with van der Waals surface area (Å²) < 4.78 is 9.69. The van der Waals surface area contributed by atoms with E-state index in [0.29, 0.717) is 35.1 Å². The minimum Gasteiger partial charge on any atom is -0.465 e. The fraction of sp³-hybridized carbons (Fsp3) is 0.316. The number of hydrogen-bond donors (Lipinski definition) is 1. The predicted octanol–water partition coefficient (Wildman–Crippen LogP) is 4.04. The lowest BCUT2D eigenvalue weighted by Crippen LogP contribution is -2.35. The Kier molecular flexibility index (Phi) is 7.05. The van der Waals surface area contributed by atoms with E-state index in [9.17, 15) is 14.4 Å². The second kappa shape index (κ2) is 9.51. The summed E-state index contributed by atoms with van der Waals surface area (Å²) in [6.45, 7) is 0.756. The molecule has 7 nitrogen and oxygen atoms in total. The number of amides is 2. The number of fused-ring (bicyclic) bond motifs is 1. The number of methoxy groups -OCH3 is 2. The predicted molar refractivity (Wildman–Crippen MR) is 113 cm³/mol. The Hall–Kier alpha value is -2.23. The SMILES string of the molecule is COC(=O)c1c(NC(=O)CSc2ccc(Cl)cc2)sc2c1CCN(C(=O)OC)C2. The molecule has 0 radical (unpaired) electrons. The molecule has 2 amide bonds. The highest BCUT2D eigenvalue weighted by Crippen LogP contribution is 2.38. The molecule has 2 heterocycles. The van der Waals surface area contributed by atoms with Crippen molar-refractivity contribution in [1.29, 1.82) is 0 Å². The van der Waals surface area contributed by atoms with E-state index in [0.717, 1.165) is 15.3 Å². The summed E-state index contributed by atoms with van der Waals surface area (Å²) in [5, 5.41) is 3.89. The number of anilines is 1. The molecular weight excluding hydrogens is 436 g/mol. The Balaban J connectivity index is 1.75. The molecule has 0 fully saturated rings. The van der Waals surface area contributed by atoms with Crippen LogP contribution in [0.25, 0.3) is 0 Å². The molecule has 0 aliphatic carbocycles. The molecular formula is C19H19ClN2O5S2. The molecule has 1 N–H and O–H groups in total. The van der Waals surface area contributed by atoms with Gasteiger partial charge in [0.05, 0.1) is 32.1 Å². The van der Waals surface area contributed by atoms with Crippen molar-refractivity contribution < 1.29 is 23.9 Å². The minimum atomic E-state index is -0.505. The Morgan fingerprint density at radius 3 is 2.59 bits per heavy atom. The first-order valence-corrected chi connectivity index (χ1v) is 10.8. The number of halogens is 1. The van der Waals surface area contributed by atoms with Crippen molar-refractivity contribution in [2.45, 2.75) is 17.9 Å². The van der Waals surface area contributed by atoms with Gasteiger partial charge < -0.3 is 19.7 Å². The smallest absolute Gasteiger partial charge is 0.409 e. The van der Waals surface area contributed by atoms with Crippen LogP contribution < -0.4 is 5.32 Å². The van der Waals surface area contributed by atoms with Crippen LogP contribution in [0.1, 0.15) is 20.8 Å². The second-order valence-electron chi connectivity index (χ2n) is 6.13. The number of ether oxygens (including phenoxy) is 2. The fourth-order valence-electron chi connectivity index (χ4n) is 2.94. The van der Waals surface area contributed by atoms with Crippen molar-refractivity contribution in [1.82, 2.24) is 4.90 Å². The zero-order valence-electron chi connectivity index (χ0n) is 15.8. The lowest BCUT2D eigenvalue weighted by molar-refractivity contribution is -0.113. The summed E-state index contributed by atoms with van der Waals surface area (Å²) in [5.41, 5.74) is 1.17. The summed E-state index contributed by atoms with van der Waals surface area (Å²) in [7, 11) is 2.63. The third-order valence-electron chi connectivity index (χ3n) is 4.32. The molecule has 29 heavy (non-hydrogen) atoms. The molecule has 0 atom stereocenters. The van der Waals surface area contributed by atoms with Crippen molar-refractivity contribution in [3.05, 3.63) is 45.3 Å². The number of benzene rings is 1. The summed E-state index contributed by atoms with van der Waals surface area (Å²) in [4.78, 5) is 39.9. The summed E-state index contributed by atoms with van der Waals surface area (Å²) in [5.74, 6) is -0.563. The molecule has 0 bridgehead atoms. The highest BCUT2D eigenvalue weighted by molar-refractivity contribution is 8.00. The average Bonchev–Trinajstić information content (AvgIpc) is 3.08. The number of rotatable bonds is 5. The topological polar surface area (TPSA) is 84.9 Å². The summed E-state index contributed by atoms with van der Waals surface area (Å²) in [6.07, 6.45) is 0.0643. The Labute approximate surface area is 181 Å². The van der Waals surface area contributed by atoms with Crippen LogP contribution in [-0.4, -0.2) is 49.4 Å². The van der Waals surface area contributed by atoms with Crippen molar-refractivity contribution in [3.63, 3.8) is 0 Å². The van der Waals surface area contributed by atoms with Gasteiger partial charge in [-0.3, -0.25) is 4.79 Å². The standard InChI is InChI=1S/C19H19ClN2O5S2/c1-26-18(24)16-13-7-8-22(19(25)27-2)9-14(13)29-17(16)21-15(23)10-28-12-5-3-11(20)4-6-12/h3-6H,7-10H2,1-2H3,(H,21,23). The van der Waals surface area contributed by atoms with Gasteiger partial charge in [-0.15, -0.1) is 23.1 Å². The van der Waals surface area contributed by atoms with Crippen molar-refractivity contribution in [3.8, 4) is 0 Å². The first kappa shape index (κ1) is 21.5. The number of esters is 1. The molecule has 1 aliphatic rings. The van der Waals surface area contributed by atoms with Crippen molar-refractivity contribution in [2.75, 3.05) is 31.8 Å². The number of thiophene rings is 1. The maximum Gasteiger partial charge on any atom is 0.409 e. The van der Waals surface area contributed by atoms with E-state index in [4.69, 9.17) is 21.1 Å². The van der Waals surface area contributed by atoms with Crippen LogP contribution in [0, 0.1) is 0 Å². The first-order chi connectivity index (χ1) is 13.9. The zero-order chi connectivity index (χ0) is 21.0. The third-order valence-corrected chi connectivity index (χ3v) is 6.71. The maximum atomic E-state index is 12.5. The first-order valence-electron chi connectivity index (χ1n) is 8.67. The molecule has 0 spiro atoms. The van der Waals surface area contributed by atoms with Crippen LogP contribution >= 0.6 is 34.7 Å². The van der Waals surface area contributed by atoms with Crippen LogP contribution in [0.2, 0.25) is 5.02 Å². The van der Waals surface area contributed by atoms with Gasteiger partial charge in [-0.2, -0.15) is 0 Å². The Morgan fingerprint density at radius 2 is 1.93 bits per heavy atom. The monoisotopic (exact) mass is 454 g/mol. The molecule has 0 unspecified atom stereocenters. The van der Waals surface area contributed by atoms with Gasteiger partial charge in [-0.05, 0) is 36.2 Å². The largest absolute Gasteiger partial charge is 0.465 e. The lowest BCUT2D eigenvalue weighted by atomic mass is 10.0. The molecule has 10 heteroatoms. The maximum absolute atomic E-state index is 12.5. The van der Waals surface area contributed by atoms with E-state index in [1.165, 1.54) is 37.3 Å². The van der Waals surface area contributed by atoms with Crippen LogP contribution in [-0.2, 0) is 27.2 Å². The molecule has 1 aromatic heterocycles. The molecule has 0 saturated carbocycles.